The summed E-state index contributed by atoms with van der Waals surface area (Å²) in [7, 11) is 0. The summed E-state index contributed by atoms with van der Waals surface area (Å²) in [5, 5.41) is 2.96. The first kappa shape index (κ1) is 16.7. The van der Waals surface area contributed by atoms with Crippen LogP contribution in [-0.2, 0) is 9.59 Å². The summed E-state index contributed by atoms with van der Waals surface area (Å²) in [6.45, 7) is 3.37. The van der Waals surface area contributed by atoms with Gasteiger partial charge in [0.1, 0.15) is 0 Å². The zero-order valence-corrected chi connectivity index (χ0v) is 14.3. The number of nitrogens with zero attached hydrogens (tertiary/aromatic N) is 2. The van der Waals surface area contributed by atoms with Gasteiger partial charge in [-0.3, -0.25) is 14.5 Å². The lowest BCUT2D eigenvalue weighted by atomic mass is 10.0. The minimum absolute atomic E-state index is 0.0588. The van der Waals surface area contributed by atoms with Gasteiger partial charge in [0.25, 0.3) is 0 Å². The van der Waals surface area contributed by atoms with Crippen LogP contribution in [0, 0.1) is 0 Å². The summed E-state index contributed by atoms with van der Waals surface area (Å²) < 4.78 is 0. The summed E-state index contributed by atoms with van der Waals surface area (Å²) in [5.41, 5.74) is 0. The van der Waals surface area contributed by atoms with Crippen molar-refractivity contribution in [2.75, 3.05) is 26.2 Å². The molecule has 0 aromatic heterocycles. The van der Waals surface area contributed by atoms with Crippen molar-refractivity contribution in [2.24, 2.45) is 0 Å². The molecule has 5 nitrogen and oxygen atoms in total. The highest BCUT2D eigenvalue weighted by molar-refractivity contribution is 5.88. The molecule has 0 radical (unpaired) electrons. The lowest BCUT2D eigenvalue weighted by Gasteiger charge is -2.39. The zero-order valence-electron chi connectivity index (χ0n) is 14.3. The van der Waals surface area contributed by atoms with Gasteiger partial charge >= 0.3 is 0 Å². The molecule has 5 heteroatoms. The fourth-order valence-corrected chi connectivity index (χ4v) is 4.41. The van der Waals surface area contributed by atoms with Crippen molar-refractivity contribution in [3.05, 3.63) is 0 Å². The van der Waals surface area contributed by atoms with Gasteiger partial charge in [0.15, 0.2) is 0 Å². The molecule has 0 unspecified atom stereocenters. The quantitative estimate of drug-likeness (QED) is 0.864. The molecular formula is C18H31N3O2. The van der Waals surface area contributed by atoms with Crippen LogP contribution in [0.1, 0.15) is 64.2 Å². The summed E-state index contributed by atoms with van der Waals surface area (Å²) in [5.74, 6) is 0.237. The van der Waals surface area contributed by atoms with E-state index < -0.39 is 0 Å². The number of hydrogen-bond donors (Lipinski definition) is 1. The van der Waals surface area contributed by atoms with E-state index in [0.29, 0.717) is 12.5 Å². The average Bonchev–Trinajstić information content (AvgIpc) is 3.03. The van der Waals surface area contributed by atoms with E-state index in [1.54, 1.807) is 0 Å². The second kappa shape index (κ2) is 8.13. The summed E-state index contributed by atoms with van der Waals surface area (Å²) in [6.07, 6.45) is 11.2. The fraction of sp³-hybridized carbons (Fsp3) is 0.889. The van der Waals surface area contributed by atoms with Crippen LogP contribution < -0.4 is 5.32 Å². The van der Waals surface area contributed by atoms with Crippen LogP contribution in [-0.4, -0.2) is 59.9 Å². The second-order valence-electron chi connectivity index (χ2n) is 7.34. The van der Waals surface area contributed by atoms with Gasteiger partial charge in [-0.2, -0.15) is 0 Å². The van der Waals surface area contributed by atoms with Crippen LogP contribution in [0.4, 0.5) is 0 Å². The van der Waals surface area contributed by atoms with E-state index in [0.717, 1.165) is 39.0 Å². The third-order valence-corrected chi connectivity index (χ3v) is 5.74. The molecule has 1 aliphatic carbocycles. The molecule has 0 spiro atoms. The minimum atomic E-state index is -0.246. The van der Waals surface area contributed by atoms with Crippen LogP contribution in [0.3, 0.4) is 0 Å². The topological polar surface area (TPSA) is 52.7 Å². The molecule has 0 bridgehead atoms. The maximum absolute atomic E-state index is 12.8. The van der Waals surface area contributed by atoms with Crippen LogP contribution in [0.5, 0.6) is 0 Å². The van der Waals surface area contributed by atoms with Gasteiger partial charge in [-0.15, -0.1) is 0 Å². The Hall–Kier alpha value is -1.10. The van der Waals surface area contributed by atoms with E-state index in [1.807, 2.05) is 4.90 Å². The lowest BCUT2D eigenvalue weighted by Crippen LogP contribution is -2.59. The second-order valence-corrected chi connectivity index (χ2v) is 7.34. The fourth-order valence-electron chi connectivity index (χ4n) is 4.41. The smallest absolute Gasteiger partial charge is 0.237 e. The third-order valence-electron chi connectivity index (χ3n) is 5.74. The number of piperazine rings is 1. The Bertz CT molecular complexity index is 412. The molecule has 1 atom stereocenters. The summed E-state index contributed by atoms with van der Waals surface area (Å²) in [6, 6.07) is 0.260. The average molecular weight is 321 g/mol. The van der Waals surface area contributed by atoms with Crippen molar-refractivity contribution in [3.63, 3.8) is 0 Å². The van der Waals surface area contributed by atoms with E-state index in [9.17, 15) is 9.59 Å². The number of carbonyl (C=O) groups is 2. The minimum Gasteiger partial charge on any atom is -0.353 e. The maximum Gasteiger partial charge on any atom is 0.237 e. The molecule has 2 amide bonds. The molecule has 130 valence electrons. The molecule has 23 heavy (non-hydrogen) atoms. The Morgan fingerprint density at radius 2 is 1.61 bits per heavy atom. The standard InChI is InChI=1S/C18H31N3O2/c22-17(20-11-6-2-1-3-7-12-20)14-16-18(23)19-10-13-21(16)15-8-4-5-9-15/h15-16H,1-14H2,(H,19,23)/t16-/m0/s1. The van der Waals surface area contributed by atoms with Crippen molar-refractivity contribution < 1.29 is 9.59 Å². The molecular weight excluding hydrogens is 290 g/mol. The Kier molecular flexibility index (Phi) is 5.92. The largest absolute Gasteiger partial charge is 0.353 e. The van der Waals surface area contributed by atoms with Crippen LogP contribution >= 0.6 is 0 Å². The van der Waals surface area contributed by atoms with Gasteiger partial charge in [-0.05, 0) is 25.7 Å². The lowest BCUT2D eigenvalue weighted by molar-refractivity contribution is -0.140. The first-order valence-corrected chi connectivity index (χ1v) is 9.57. The molecule has 3 aliphatic rings. The normalized spacial score (nSPS) is 28.3. The number of nitrogens with one attached hydrogen (secondary N) is 1. The first-order chi connectivity index (χ1) is 11.3. The Labute approximate surface area is 139 Å². The third kappa shape index (κ3) is 4.25. The van der Waals surface area contributed by atoms with E-state index in [1.165, 1.54) is 44.9 Å². The number of hydrogen-bond acceptors (Lipinski definition) is 3. The van der Waals surface area contributed by atoms with Gasteiger partial charge < -0.3 is 10.2 Å². The Morgan fingerprint density at radius 3 is 2.30 bits per heavy atom. The van der Waals surface area contributed by atoms with Gasteiger partial charge in [0, 0.05) is 32.2 Å². The Morgan fingerprint density at radius 1 is 0.957 bits per heavy atom. The SMILES string of the molecule is O=C1NCCN(C2CCCC2)[C@H]1CC(=O)N1CCCCCCC1. The van der Waals surface area contributed by atoms with Crippen LogP contribution in [0.2, 0.25) is 0 Å². The molecule has 2 heterocycles. The first-order valence-electron chi connectivity index (χ1n) is 9.57. The number of carbonyl (C=O) groups excluding carboxylic acids is 2. The van der Waals surface area contributed by atoms with E-state index in [-0.39, 0.29) is 17.9 Å². The maximum atomic E-state index is 12.8. The van der Waals surface area contributed by atoms with Gasteiger partial charge in [0.05, 0.1) is 12.5 Å². The predicted octanol–water partition coefficient (Wildman–Crippen LogP) is 1.91. The van der Waals surface area contributed by atoms with Crippen molar-refractivity contribution in [1.29, 1.82) is 0 Å². The van der Waals surface area contributed by atoms with E-state index in [2.05, 4.69) is 10.2 Å². The molecule has 3 rings (SSSR count). The Balaban J connectivity index is 1.62. The van der Waals surface area contributed by atoms with Crippen molar-refractivity contribution in [2.45, 2.75) is 76.3 Å². The summed E-state index contributed by atoms with van der Waals surface area (Å²) in [4.78, 5) is 29.5. The zero-order chi connectivity index (χ0) is 16.1. The van der Waals surface area contributed by atoms with Crippen LogP contribution in [0.25, 0.3) is 0 Å². The highest BCUT2D eigenvalue weighted by Crippen LogP contribution is 2.27. The van der Waals surface area contributed by atoms with Crippen molar-refractivity contribution >= 4 is 11.8 Å². The van der Waals surface area contributed by atoms with Gasteiger partial charge in [-0.1, -0.05) is 32.1 Å². The molecule has 0 aromatic carbocycles. The van der Waals surface area contributed by atoms with E-state index in [4.69, 9.17) is 0 Å². The van der Waals surface area contributed by atoms with Gasteiger partial charge in [-0.25, -0.2) is 0 Å². The molecule has 3 fully saturated rings. The van der Waals surface area contributed by atoms with Crippen molar-refractivity contribution in [3.8, 4) is 0 Å². The van der Waals surface area contributed by atoms with Crippen LogP contribution in [0.15, 0.2) is 0 Å². The van der Waals surface area contributed by atoms with Gasteiger partial charge in [0.2, 0.25) is 11.8 Å². The number of likely N-dealkylation sites (tertiary alicyclic amines) is 1. The summed E-state index contributed by atoms with van der Waals surface area (Å²) >= 11 is 0. The molecule has 1 saturated carbocycles. The number of amides is 2. The molecule has 2 saturated heterocycles. The predicted molar refractivity (Wildman–Crippen MR) is 90.0 cm³/mol. The molecule has 0 aromatic rings. The highest BCUT2D eigenvalue weighted by Gasteiger charge is 2.37. The number of rotatable bonds is 3. The highest BCUT2D eigenvalue weighted by atomic mass is 16.2. The van der Waals surface area contributed by atoms with E-state index >= 15 is 0 Å². The molecule has 1 N–H and O–H groups in total. The van der Waals surface area contributed by atoms with Crippen molar-refractivity contribution in [1.82, 2.24) is 15.1 Å². The monoisotopic (exact) mass is 321 g/mol. The molecule has 2 aliphatic heterocycles.